The molecule has 2 heterocycles. The molecule has 2 amide bonds. The first kappa shape index (κ1) is 19.5. The molecule has 28 heavy (non-hydrogen) atoms. The van der Waals surface area contributed by atoms with Crippen molar-refractivity contribution in [2.24, 2.45) is 0 Å². The summed E-state index contributed by atoms with van der Waals surface area (Å²) in [5.74, 6) is 0.249. The van der Waals surface area contributed by atoms with Crippen molar-refractivity contribution in [3.05, 3.63) is 48.0 Å². The average Bonchev–Trinajstić information content (AvgIpc) is 2.73. The molecule has 1 aromatic heterocycles. The summed E-state index contributed by atoms with van der Waals surface area (Å²) < 4.78 is 13.1. The van der Waals surface area contributed by atoms with Gasteiger partial charge in [0.15, 0.2) is 0 Å². The van der Waals surface area contributed by atoms with Crippen LogP contribution in [0.1, 0.15) is 12.0 Å². The summed E-state index contributed by atoms with van der Waals surface area (Å²) in [7, 11) is 0. The van der Waals surface area contributed by atoms with Crippen molar-refractivity contribution in [1.29, 1.82) is 5.26 Å². The SMILES string of the molecule is N#Cc1cc(F)ccc1NC(=O)NCCCN1CCN(c2ncccn2)CC1. The lowest BCUT2D eigenvalue weighted by molar-refractivity contribution is 0.244. The lowest BCUT2D eigenvalue weighted by atomic mass is 10.2. The van der Waals surface area contributed by atoms with Gasteiger partial charge in [-0.05, 0) is 37.2 Å². The number of rotatable bonds is 6. The minimum atomic E-state index is -0.513. The van der Waals surface area contributed by atoms with Crippen LogP contribution in [-0.2, 0) is 0 Å². The highest BCUT2D eigenvalue weighted by atomic mass is 19.1. The average molecular weight is 383 g/mol. The van der Waals surface area contributed by atoms with Crippen LogP contribution in [0.15, 0.2) is 36.7 Å². The number of urea groups is 1. The molecule has 1 aliphatic rings. The van der Waals surface area contributed by atoms with Gasteiger partial charge in [-0.2, -0.15) is 5.26 Å². The van der Waals surface area contributed by atoms with E-state index in [0.29, 0.717) is 12.2 Å². The Morgan fingerprint density at radius 2 is 1.96 bits per heavy atom. The molecule has 0 bridgehead atoms. The van der Waals surface area contributed by atoms with E-state index in [1.807, 2.05) is 6.07 Å². The first-order chi connectivity index (χ1) is 13.7. The highest BCUT2D eigenvalue weighted by molar-refractivity contribution is 5.90. The molecule has 146 valence electrons. The zero-order valence-electron chi connectivity index (χ0n) is 15.4. The Hall–Kier alpha value is -3.25. The third kappa shape index (κ3) is 5.37. The van der Waals surface area contributed by atoms with Crippen molar-refractivity contribution < 1.29 is 9.18 Å². The highest BCUT2D eigenvalue weighted by Crippen LogP contribution is 2.15. The second-order valence-electron chi connectivity index (χ2n) is 6.41. The zero-order chi connectivity index (χ0) is 19.8. The quantitative estimate of drug-likeness (QED) is 0.739. The van der Waals surface area contributed by atoms with Gasteiger partial charge in [-0.25, -0.2) is 19.2 Å². The summed E-state index contributed by atoms with van der Waals surface area (Å²) in [6.07, 6.45) is 4.30. The van der Waals surface area contributed by atoms with Gasteiger partial charge in [-0.3, -0.25) is 4.90 Å². The van der Waals surface area contributed by atoms with E-state index in [9.17, 15) is 9.18 Å². The van der Waals surface area contributed by atoms with Gasteiger partial charge in [0, 0.05) is 45.1 Å². The molecule has 1 fully saturated rings. The van der Waals surface area contributed by atoms with Crippen molar-refractivity contribution in [2.45, 2.75) is 6.42 Å². The maximum atomic E-state index is 13.1. The fraction of sp³-hybridized carbons (Fsp3) is 0.368. The molecule has 0 aliphatic carbocycles. The molecule has 2 aromatic rings. The molecule has 0 radical (unpaired) electrons. The van der Waals surface area contributed by atoms with Crippen LogP contribution in [-0.4, -0.2) is 60.2 Å². The van der Waals surface area contributed by atoms with Gasteiger partial charge >= 0.3 is 6.03 Å². The van der Waals surface area contributed by atoms with E-state index >= 15 is 0 Å². The lowest BCUT2D eigenvalue weighted by Crippen LogP contribution is -2.47. The Morgan fingerprint density at radius 3 is 2.68 bits per heavy atom. The number of amides is 2. The van der Waals surface area contributed by atoms with E-state index in [-0.39, 0.29) is 5.56 Å². The largest absolute Gasteiger partial charge is 0.338 e. The van der Waals surface area contributed by atoms with Gasteiger partial charge < -0.3 is 15.5 Å². The van der Waals surface area contributed by atoms with E-state index in [4.69, 9.17) is 5.26 Å². The van der Waals surface area contributed by atoms with Crippen LogP contribution in [0.3, 0.4) is 0 Å². The molecule has 0 unspecified atom stereocenters. The standard InChI is InChI=1S/C19H22FN7O/c20-16-3-4-17(15(13-16)14-21)25-19(28)24-7-2-8-26-9-11-27(12-10-26)18-22-5-1-6-23-18/h1,3-6,13H,2,7-12H2,(H2,24,25,28). The van der Waals surface area contributed by atoms with Gasteiger partial charge in [-0.1, -0.05) is 0 Å². The van der Waals surface area contributed by atoms with E-state index in [2.05, 4.69) is 30.4 Å². The Labute approximate surface area is 163 Å². The summed E-state index contributed by atoms with van der Waals surface area (Å²) in [6.45, 7) is 4.98. The molecule has 1 aliphatic heterocycles. The molecule has 8 nitrogen and oxygen atoms in total. The van der Waals surface area contributed by atoms with Crippen molar-refractivity contribution in [1.82, 2.24) is 20.2 Å². The maximum absolute atomic E-state index is 13.1. The van der Waals surface area contributed by atoms with Crippen molar-refractivity contribution in [2.75, 3.05) is 49.5 Å². The molecule has 1 saturated heterocycles. The second-order valence-corrected chi connectivity index (χ2v) is 6.41. The predicted octanol–water partition coefficient (Wildman–Crippen LogP) is 1.82. The summed E-state index contributed by atoms with van der Waals surface area (Å²) >= 11 is 0. The number of nitrogens with zero attached hydrogens (tertiary/aromatic N) is 5. The van der Waals surface area contributed by atoms with Gasteiger partial charge in [0.1, 0.15) is 11.9 Å². The Bertz CT molecular complexity index is 832. The first-order valence-corrected chi connectivity index (χ1v) is 9.14. The van der Waals surface area contributed by atoms with Crippen LogP contribution in [0.5, 0.6) is 0 Å². The van der Waals surface area contributed by atoms with Crippen LogP contribution in [0.25, 0.3) is 0 Å². The van der Waals surface area contributed by atoms with Gasteiger partial charge in [-0.15, -0.1) is 0 Å². The van der Waals surface area contributed by atoms with Crippen LogP contribution in [0.2, 0.25) is 0 Å². The monoisotopic (exact) mass is 383 g/mol. The van der Waals surface area contributed by atoms with E-state index in [1.165, 1.54) is 12.1 Å². The summed E-state index contributed by atoms with van der Waals surface area (Å²) in [5, 5.41) is 14.3. The summed E-state index contributed by atoms with van der Waals surface area (Å²) in [4.78, 5) is 25.0. The number of hydrogen-bond donors (Lipinski definition) is 2. The number of carbonyl (C=O) groups excluding carboxylic acids is 1. The number of nitriles is 1. The predicted molar refractivity (Wildman–Crippen MR) is 103 cm³/mol. The Morgan fingerprint density at radius 1 is 1.21 bits per heavy atom. The maximum Gasteiger partial charge on any atom is 0.319 e. The molecule has 0 saturated carbocycles. The Balaban J connectivity index is 1.34. The minimum Gasteiger partial charge on any atom is -0.338 e. The number of benzene rings is 1. The molecule has 3 rings (SSSR count). The molecule has 0 atom stereocenters. The van der Waals surface area contributed by atoms with E-state index in [0.717, 1.165) is 51.2 Å². The molecular weight excluding hydrogens is 361 g/mol. The number of halogens is 1. The zero-order valence-corrected chi connectivity index (χ0v) is 15.4. The van der Waals surface area contributed by atoms with Crippen molar-refractivity contribution in [3.63, 3.8) is 0 Å². The molecule has 1 aromatic carbocycles. The minimum absolute atomic E-state index is 0.0930. The molecule has 2 N–H and O–H groups in total. The number of hydrogen-bond acceptors (Lipinski definition) is 6. The number of anilines is 2. The summed E-state index contributed by atoms with van der Waals surface area (Å²) in [5.41, 5.74) is 0.385. The van der Waals surface area contributed by atoms with Crippen molar-refractivity contribution >= 4 is 17.7 Å². The van der Waals surface area contributed by atoms with Crippen LogP contribution in [0, 0.1) is 17.1 Å². The third-order valence-corrected chi connectivity index (χ3v) is 4.49. The number of aromatic nitrogens is 2. The first-order valence-electron chi connectivity index (χ1n) is 9.14. The highest BCUT2D eigenvalue weighted by Gasteiger charge is 2.18. The molecular formula is C19H22FN7O. The fourth-order valence-electron chi connectivity index (χ4n) is 3.02. The van der Waals surface area contributed by atoms with Gasteiger partial charge in [0.2, 0.25) is 5.95 Å². The summed E-state index contributed by atoms with van der Waals surface area (Å²) in [6, 6.07) is 6.94. The molecule has 9 heteroatoms. The topological polar surface area (TPSA) is 97.2 Å². The number of piperazine rings is 1. The number of carbonyl (C=O) groups is 1. The van der Waals surface area contributed by atoms with Crippen molar-refractivity contribution in [3.8, 4) is 6.07 Å². The van der Waals surface area contributed by atoms with Gasteiger partial charge in [0.05, 0.1) is 11.3 Å². The van der Waals surface area contributed by atoms with Crippen LogP contribution >= 0.6 is 0 Å². The number of nitrogens with one attached hydrogen (secondary N) is 2. The second kappa shape index (κ2) is 9.62. The van der Waals surface area contributed by atoms with Crippen LogP contribution in [0.4, 0.5) is 20.8 Å². The normalized spacial score (nSPS) is 14.4. The fourth-order valence-corrected chi connectivity index (χ4v) is 3.02. The van der Waals surface area contributed by atoms with E-state index in [1.54, 1.807) is 18.5 Å². The third-order valence-electron chi connectivity index (χ3n) is 4.49. The Kier molecular flexibility index (Phi) is 6.70. The van der Waals surface area contributed by atoms with Gasteiger partial charge in [0.25, 0.3) is 0 Å². The molecule has 0 spiro atoms. The van der Waals surface area contributed by atoms with E-state index < -0.39 is 11.8 Å². The van der Waals surface area contributed by atoms with Crippen LogP contribution < -0.4 is 15.5 Å². The lowest BCUT2D eigenvalue weighted by Gasteiger charge is -2.34. The smallest absolute Gasteiger partial charge is 0.319 e.